The van der Waals surface area contributed by atoms with E-state index in [9.17, 15) is 4.79 Å². The van der Waals surface area contributed by atoms with Gasteiger partial charge in [0.1, 0.15) is 0 Å². The SMILES string of the molecule is Cc1nn(C(C)(C)C)c2c1C(=O)CC(C)(C)C2. The summed E-state index contributed by atoms with van der Waals surface area (Å²) in [5.74, 6) is 0.254. The fraction of sp³-hybridized carbons (Fsp3) is 0.714. The Morgan fingerprint density at radius 2 is 1.82 bits per heavy atom. The number of fused-ring (bicyclic) bond motifs is 1. The van der Waals surface area contributed by atoms with Crippen LogP contribution in [0.4, 0.5) is 0 Å². The van der Waals surface area contributed by atoms with E-state index in [1.165, 1.54) is 0 Å². The first-order chi connectivity index (χ1) is 7.62. The maximum absolute atomic E-state index is 12.2. The maximum atomic E-state index is 12.2. The molecule has 2 rings (SSSR count). The Morgan fingerprint density at radius 1 is 1.24 bits per heavy atom. The average Bonchev–Trinajstić information content (AvgIpc) is 2.39. The molecule has 1 aliphatic carbocycles. The van der Waals surface area contributed by atoms with Crippen molar-refractivity contribution >= 4 is 5.78 Å². The summed E-state index contributed by atoms with van der Waals surface area (Å²) in [7, 11) is 0. The zero-order valence-corrected chi connectivity index (χ0v) is 11.7. The maximum Gasteiger partial charge on any atom is 0.167 e. The van der Waals surface area contributed by atoms with E-state index in [1.807, 2.05) is 11.6 Å². The van der Waals surface area contributed by atoms with Gasteiger partial charge in [-0.1, -0.05) is 13.8 Å². The highest BCUT2D eigenvalue weighted by Gasteiger charge is 2.37. The molecule has 0 atom stereocenters. The van der Waals surface area contributed by atoms with Crippen molar-refractivity contribution in [2.75, 3.05) is 0 Å². The van der Waals surface area contributed by atoms with Gasteiger partial charge in [0.2, 0.25) is 0 Å². The van der Waals surface area contributed by atoms with Crippen molar-refractivity contribution < 1.29 is 4.79 Å². The molecule has 1 aliphatic rings. The van der Waals surface area contributed by atoms with Crippen molar-refractivity contribution in [1.82, 2.24) is 9.78 Å². The van der Waals surface area contributed by atoms with Gasteiger partial charge in [-0.3, -0.25) is 9.48 Å². The number of hydrogen-bond acceptors (Lipinski definition) is 2. The number of aryl methyl sites for hydroxylation is 1. The van der Waals surface area contributed by atoms with Crippen molar-refractivity contribution in [2.24, 2.45) is 5.41 Å². The molecule has 3 heteroatoms. The molecule has 1 heterocycles. The van der Waals surface area contributed by atoms with Gasteiger partial charge in [-0.25, -0.2) is 0 Å². The van der Waals surface area contributed by atoms with Gasteiger partial charge in [-0.15, -0.1) is 0 Å². The van der Waals surface area contributed by atoms with Crippen LogP contribution in [0.5, 0.6) is 0 Å². The van der Waals surface area contributed by atoms with Crippen LogP contribution in [0.2, 0.25) is 0 Å². The predicted molar refractivity (Wildman–Crippen MR) is 68.4 cm³/mol. The summed E-state index contributed by atoms with van der Waals surface area (Å²) >= 11 is 0. The number of aromatic nitrogens is 2. The van der Waals surface area contributed by atoms with Crippen molar-refractivity contribution in [2.45, 2.75) is 59.9 Å². The molecule has 17 heavy (non-hydrogen) atoms. The number of rotatable bonds is 0. The van der Waals surface area contributed by atoms with Gasteiger partial charge >= 0.3 is 0 Å². The summed E-state index contributed by atoms with van der Waals surface area (Å²) in [6.07, 6.45) is 1.57. The second kappa shape index (κ2) is 3.44. The Balaban J connectivity index is 2.63. The molecule has 0 spiro atoms. The lowest BCUT2D eigenvalue weighted by molar-refractivity contribution is 0.0907. The smallest absolute Gasteiger partial charge is 0.167 e. The summed E-state index contributed by atoms with van der Waals surface area (Å²) < 4.78 is 2.04. The van der Waals surface area contributed by atoms with Gasteiger partial charge < -0.3 is 0 Å². The lowest BCUT2D eigenvalue weighted by Crippen LogP contribution is -2.32. The largest absolute Gasteiger partial charge is 0.294 e. The minimum absolute atomic E-state index is 0.0551. The lowest BCUT2D eigenvalue weighted by Gasteiger charge is -2.31. The van der Waals surface area contributed by atoms with Crippen molar-refractivity contribution in [3.8, 4) is 0 Å². The zero-order chi connectivity index (χ0) is 13.0. The van der Waals surface area contributed by atoms with Crippen LogP contribution in [0.25, 0.3) is 0 Å². The first kappa shape index (κ1) is 12.3. The molecular weight excluding hydrogens is 212 g/mol. The molecule has 0 bridgehead atoms. The number of ketones is 1. The van der Waals surface area contributed by atoms with Crippen LogP contribution in [0, 0.1) is 12.3 Å². The molecule has 0 fully saturated rings. The Morgan fingerprint density at radius 3 is 2.35 bits per heavy atom. The molecule has 0 saturated carbocycles. The van der Waals surface area contributed by atoms with Crippen LogP contribution in [0.1, 0.15) is 62.8 Å². The summed E-state index contributed by atoms with van der Waals surface area (Å²) in [4.78, 5) is 12.2. The van der Waals surface area contributed by atoms with E-state index >= 15 is 0 Å². The fourth-order valence-corrected chi connectivity index (χ4v) is 2.69. The van der Waals surface area contributed by atoms with E-state index in [0.29, 0.717) is 6.42 Å². The summed E-state index contributed by atoms with van der Waals surface area (Å²) in [6.45, 7) is 12.6. The third kappa shape index (κ3) is 2.03. The van der Waals surface area contributed by atoms with Gasteiger partial charge in [0, 0.05) is 6.42 Å². The van der Waals surface area contributed by atoms with E-state index < -0.39 is 0 Å². The Labute approximate surface area is 103 Å². The van der Waals surface area contributed by atoms with E-state index in [1.54, 1.807) is 0 Å². The number of Topliss-reactive ketones (excluding diaryl/α,β-unsaturated/α-hetero) is 1. The molecule has 3 nitrogen and oxygen atoms in total. The Kier molecular flexibility index (Phi) is 2.49. The minimum Gasteiger partial charge on any atom is -0.294 e. The lowest BCUT2D eigenvalue weighted by atomic mass is 9.75. The first-order valence-corrected chi connectivity index (χ1v) is 6.24. The number of nitrogens with zero attached hydrogens (tertiary/aromatic N) is 2. The van der Waals surface area contributed by atoms with Crippen LogP contribution in [-0.4, -0.2) is 15.6 Å². The van der Waals surface area contributed by atoms with Gasteiger partial charge in [0.05, 0.1) is 22.5 Å². The summed E-state index contributed by atoms with van der Waals surface area (Å²) in [5.41, 5.74) is 2.87. The highest BCUT2D eigenvalue weighted by molar-refractivity contribution is 5.99. The number of hydrogen-bond donors (Lipinski definition) is 0. The van der Waals surface area contributed by atoms with E-state index in [-0.39, 0.29) is 16.7 Å². The van der Waals surface area contributed by atoms with Crippen molar-refractivity contribution in [1.29, 1.82) is 0 Å². The van der Waals surface area contributed by atoms with Gasteiger partial charge in [0.15, 0.2) is 5.78 Å². The number of carbonyl (C=O) groups excluding carboxylic acids is 1. The van der Waals surface area contributed by atoms with Crippen molar-refractivity contribution in [3.63, 3.8) is 0 Å². The highest BCUT2D eigenvalue weighted by atomic mass is 16.1. The quantitative estimate of drug-likeness (QED) is 0.691. The molecular formula is C14H22N2O. The molecule has 1 aromatic heterocycles. The zero-order valence-electron chi connectivity index (χ0n) is 11.7. The molecule has 94 valence electrons. The molecule has 0 saturated heterocycles. The fourth-order valence-electron chi connectivity index (χ4n) is 2.69. The summed E-state index contributed by atoms with van der Waals surface area (Å²) in [6, 6.07) is 0. The van der Waals surface area contributed by atoms with Crippen molar-refractivity contribution in [3.05, 3.63) is 17.0 Å². The monoisotopic (exact) mass is 234 g/mol. The van der Waals surface area contributed by atoms with Gasteiger partial charge in [-0.05, 0) is 39.5 Å². The van der Waals surface area contributed by atoms with E-state index in [0.717, 1.165) is 23.4 Å². The molecule has 0 N–H and O–H groups in total. The normalized spacial score (nSPS) is 19.3. The molecule has 0 amide bonds. The second-order valence-electron chi connectivity index (χ2n) is 6.93. The number of carbonyl (C=O) groups is 1. The predicted octanol–water partition coefficient (Wildman–Crippen LogP) is 3.10. The third-order valence-corrected chi connectivity index (χ3v) is 3.36. The van der Waals surface area contributed by atoms with Crippen LogP contribution < -0.4 is 0 Å². The average molecular weight is 234 g/mol. The standard InChI is InChI=1S/C14H22N2O/c1-9-12-10(16(15-9)13(2,3)4)7-14(5,6)8-11(12)17/h7-8H2,1-6H3. The van der Waals surface area contributed by atoms with Crippen LogP contribution >= 0.6 is 0 Å². The minimum atomic E-state index is -0.0634. The van der Waals surface area contributed by atoms with Gasteiger partial charge in [-0.2, -0.15) is 5.10 Å². The molecule has 0 aliphatic heterocycles. The topological polar surface area (TPSA) is 34.9 Å². The van der Waals surface area contributed by atoms with Gasteiger partial charge in [0.25, 0.3) is 0 Å². The van der Waals surface area contributed by atoms with Crippen LogP contribution in [0.3, 0.4) is 0 Å². The summed E-state index contributed by atoms with van der Waals surface area (Å²) in [5, 5.41) is 4.58. The van der Waals surface area contributed by atoms with E-state index in [2.05, 4.69) is 39.7 Å². The molecule has 0 radical (unpaired) electrons. The molecule has 1 aromatic rings. The molecule has 0 unspecified atom stereocenters. The Hall–Kier alpha value is -1.12. The first-order valence-electron chi connectivity index (χ1n) is 6.24. The highest BCUT2D eigenvalue weighted by Crippen LogP contribution is 2.37. The van der Waals surface area contributed by atoms with E-state index in [4.69, 9.17) is 0 Å². The Bertz CT molecular complexity index is 475. The third-order valence-electron chi connectivity index (χ3n) is 3.36. The second-order valence-corrected chi connectivity index (χ2v) is 6.93. The van der Waals surface area contributed by atoms with Crippen LogP contribution in [0.15, 0.2) is 0 Å². The molecule has 0 aromatic carbocycles. The van der Waals surface area contributed by atoms with Crippen LogP contribution in [-0.2, 0) is 12.0 Å².